The van der Waals surface area contributed by atoms with Gasteiger partial charge in [0.25, 0.3) is 5.91 Å². The number of nitrogens with one attached hydrogen (secondary N) is 1. The van der Waals surface area contributed by atoms with Crippen LogP contribution in [0.1, 0.15) is 17.4 Å². The molecule has 0 atom stereocenters. The van der Waals surface area contributed by atoms with E-state index < -0.39 is 0 Å². The maximum atomic E-state index is 12.7. The number of carbonyl (C=O) groups excluding carboxylic acids is 1. The van der Waals surface area contributed by atoms with Crippen molar-refractivity contribution in [1.29, 1.82) is 0 Å². The van der Waals surface area contributed by atoms with Crippen molar-refractivity contribution in [3.63, 3.8) is 0 Å². The molecular weight excluding hydrogens is 368 g/mol. The van der Waals surface area contributed by atoms with Crippen molar-refractivity contribution in [2.75, 3.05) is 37.0 Å². The van der Waals surface area contributed by atoms with Gasteiger partial charge in [-0.2, -0.15) is 0 Å². The van der Waals surface area contributed by atoms with E-state index in [9.17, 15) is 4.79 Å². The second-order valence-electron chi connectivity index (χ2n) is 6.12. The molecule has 1 N–H and O–H groups in total. The predicted molar refractivity (Wildman–Crippen MR) is 113 cm³/mol. The number of methoxy groups -OCH3 is 1. The summed E-state index contributed by atoms with van der Waals surface area (Å²) in [6, 6.07) is 16.9. The van der Waals surface area contributed by atoms with E-state index in [1.807, 2.05) is 61.5 Å². The van der Waals surface area contributed by atoms with Gasteiger partial charge < -0.3 is 19.7 Å². The Morgan fingerprint density at radius 3 is 2.34 bits per heavy atom. The zero-order valence-corrected chi connectivity index (χ0v) is 16.5. The molecule has 0 spiro atoms. The van der Waals surface area contributed by atoms with E-state index in [1.54, 1.807) is 18.2 Å². The summed E-state index contributed by atoms with van der Waals surface area (Å²) in [4.78, 5) is 22.9. The van der Waals surface area contributed by atoms with Crippen molar-refractivity contribution in [1.82, 2.24) is 9.97 Å². The van der Waals surface area contributed by atoms with Gasteiger partial charge in [0.05, 0.1) is 26.0 Å². The summed E-state index contributed by atoms with van der Waals surface area (Å²) in [5, 5.41) is 3.13. The van der Waals surface area contributed by atoms with Gasteiger partial charge in [0, 0.05) is 12.2 Å². The molecule has 0 aliphatic rings. The largest absolute Gasteiger partial charge is 0.497 e. The van der Waals surface area contributed by atoms with Gasteiger partial charge in [-0.15, -0.1) is 0 Å². The third kappa shape index (κ3) is 5.44. The molecule has 0 radical (unpaired) electrons. The molecule has 7 heteroatoms. The van der Waals surface area contributed by atoms with Crippen LogP contribution in [0.4, 0.5) is 11.5 Å². The Balaban J connectivity index is 1.51. The van der Waals surface area contributed by atoms with Gasteiger partial charge in [-0.3, -0.25) is 4.79 Å². The molecule has 0 fully saturated rings. The number of carbonyl (C=O) groups is 1. The summed E-state index contributed by atoms with van der Waals surface area (Å²) >= 11 is 0. The molecule has 0 unspecified atom stereocenters. The Hall–Kier alpha value is -3.61. The fourth-order valence-corrected chi connectivity index (χ4v) is 2.74. The Morgan fingerprint density at radius 1 is 1.00 bits per heavy atom. The Labute approximate surface area is 170 Å². The van der Waals surface area contributed by atoms with E-state index in [0.717, 1.165) is 17.2 Å². The first-order valence-corrected chi connectivity index (χ1v) is 9.41. The van der Waals surface area contributed by atoms with Crippen LogP contribution in [-0.2, 0) is 0 Å². The lowest BCUT2D eigenvalue weighted by atomic mass is 10.2. The lowest BCUT2D eigenvalue weighted by Gasteiger charge is -2.20. The third-order valence-corrected chi connectivity index (χ3v) is 4.24. The molecular formula is C22H24N4O3. The molecule has 150 valence electrons. The van der Waals surface area contributed by atoms with Crippen LogP contribution < -0.4 is 19.7 Å². The zero-order valence-electron chi connectivity index (χ0n) is 16.5. The van der Waals surface area contributed by atoms with Gasteiger partial charge in [0.2, 0.25) is 0 Å². The Morgan fingerprint density at radius 2 is 1.72 bits per heavy atom. The lowest BCUT2D eigenvalue weighted by Crippen LogP contribution is -2.31. The summed E-state index contributed by atoms with van der Waals surface area (Å²) in [6.45, 7) is 3.50. The highest BCUT2D eigenvalue weighted by Gasteiger charge is 2.17. The highest BCUT2D eigenvalue weighted by Crippen LogP contribution is 2.17. The minimum Gasteiger partial charge on any atom is -0.497 e. The summed E-state index contributed by atoms with van der Waals surface area (Å²) in [7, 11) is 1.63. The molecule has 0 bridgehead atoms. The summed E-state index contributed by atoms with van der Waals surface area (Å²) in [6.07, 6.45) is 3.04. The molecule has 7 nitrogen and oxygen atoms in total. The monoisotopic (exact) mass is 392 g/mol. The molecule has 0 saturated heterocycles. The van der Waals surface area contributed by atoms with Crippen LogP contribution >= 0.6 is 0 Å². The van der Waals surface area contributed by atoms with E-state index in [-0.39, 0.29) is 5.91 Å². The number of nitrogens with zero attached hydrogens (tertiary/aromatic N) is 3. The van der Waals surface area contributed by atoms with Gasteiger partial charge in [0.15, 0.2) is 0 Å². The lowest BCUT2D eigenvalue weighted by molar-refractivity contribution is 0.0983. The van der Waals surface area contributed by atoms with Gasteiger partial charge in [-0.05, 0) is 43.3 Å². The minimum absolute atomic E-state index is 0.180. The van der Waals surface area contributed by atoms with Crippen molar-refractivity contribution in [2.24, 2.45) is 0 Å². The van der Waals surface area contributed by atoms with Gasteiger partial charge >= 0.3 is 0 Å². The van der Waals surface area contributed by atoms with Gasteiger partial charge in [-0.1, -0.05) is 18.2 Å². The van der Waals surface area contributed by atoms with E-state index in [0.29, 0.717) is 31.2 Å². The first kappa shape index (κ1) is 20.1. The molecule has 1 aromatic heterocycles. The van der Waals surface area contributed by atoms with E-state index in [2.05, 4.69) is 15.3 Å². The molecule has 0 saturated carbocycles. The molecule has 1 heterocycles. The van der Waals surface area contributed by atoms with Crippen LogP contribution in [-0.4, -0.2) is 42.7 Å². The standard InChI is InChI=1S/C22H24N4O3/c1-3-26(17-7-5-4-6-8-17)22(27)20-15-25-21(16-24-20)23-13-14-29-19-11-9-18(28-2)10-12-19/h4-12,15-16H,3,13-14H2,1-2H3,(H,23,25). The average Bonchev–Trinajstić information content (AvgIpc) is 2.79. The number of para-hydroxylation sites is 1. The first-order valence-electron chi connectivity index (χ1n) is 9.41. The minimum atomic E-state index is -0.180. The smallest absolute Gasteiger partial charge is 0.278 e. The second kappa shape index (κ2) is 10.1. The van der Waals surface area contributed by atoms with Crippen molar-refractivity contribution in [3.05, 3.63) is 72.7 Å². The van der Waals surface area contributed by atoms with Crippen LogP contribution in [0.15, 0.2) is 67.0 Å². The quantitative estimate of drug-likeness (QED) is 0.560. The molecule has 0 aliphatic carbocycles. The molecule has 2 aromatic carbocycles. The molecule has 1 amide bonds. The number of anilines is 2. The fourth-order valence-electron chi connectivity index (χ4n) is 2.74. The normalized spacial score (nSPS) is 10.3. The Kier molecular flexibility index (Phi) is 7.00. The topological polar surface area (TPSA) is 76.6 Å². The summed E-state index contributed by atoms with van der Waals surface area (Å²) in [5.41, 5.74) is 1.13. The van der Waals surface area contributed by atoms with Crippen molar-refractivity contribution in [2.45, 2.75) is 6.92 Å². The van der Waals surface area contributed by atoms with Crippen molar-refractivity contribution < 1.29 is 14.3 Å². The van der Waals surface area contributed by atoms with Crippen LogP contribution in [0, 0.1) is 0 Å². The maximum Gasteiger partial charge on any atom is 0.278 e. The van der Waals surface area contributed by atoms with Gasteiger partial charge in [0.1, 0.15) is 29.6 Å². The number of hydrogen-bond donors (Lipinski definition) is 1. The summed E-state index contributed by atoms with van der Waals surface area (Å²) < 4.78 is 10.8. The van der Waals surface area contributed by atoms with Crippen LogP contribution in [0.3, 0.4) is 0 Å². The van der Waals surface area contributed by atoms with Crippen molar-refractivity contribution >= 4 is 17.4 Å². The number of benzene rings is 2. The maximum absolute atomic E-state index is 12.7. The Bertz CT molecular complexity index is 900. The van der Waals surface area contributed by atoms with Gasteiger partial charge in [-0.25, -0.2) is 9.97 Å². The SMILES string of the molecule is CCN(C(=O)c1cnc(NCCOc2ccc(OC)cc2)cn1)c1ccccc1. The number of rotatable bonds is 9. The highest BCUT2D eigenvalue weighted by atomic mass is 16.5. The van der Waals surface area contributed by atoms with E-state index in [4.69, 9.17) is 9.47 Å². The summed E-state index contributed by atoms with van der Waals surface area (Å²) in [5.74, 6) is 1.96. The first-order chi connectivity index (χ1) is 14.2. The second-order valence-corrected chi connectivity index (χ2v) is 6.12. The fraction of sp³-hybridized carbons (Fsp3) is 0.227. The van der Waals surface area contributed by atoms with Crippen LogP contribution in [0.5, 0.6) is 11.5 Å². The molecule has 3 rings (SSSR count). The number of amides is 1. The highest BCUT2D eigenvalue weighted by molar-refractivity contribution is 6.04. The number of hydrogen-bond acceptors (Lipinski definition) is 6. The molecule has 0 aliphatic heterocycles. The van der Waals surface area contributed by atoms with E-state index in [1.165, 1.54) is 6.20 Å². The van der Waals surface area contributed by atoms with Crippen LogP contribution in [0.2, 0.25) is 0 Å². The molecule has 29 heavy (non-hydrogen) atoms. The van der Waals surface area contributed by atoms with E-state index >= 15 is 0 Å². The number of aromatic nitrogens is 2. The van der Waals surface area contributed by atoms with Crippen LogP contribution in [0.25, 0.3) is 0 Å². The number of ether oxygens (including phenoxy) is 2. The molecule has 3 aromatic rings. The average molecular weight is 392 g/mol. The van der Waals surface area contributed by atoms with Crippen molar-refractivity contribution in [3.8, 4) is 11.5 Å². The zero-order chi connectivity index (χ0) is 20.5. The third-order valence-electron chi connectivity index (χ3n) is 4.24. The predicted octanol–water partition coefficient (Wildman–Crippen LogP) is 3.64.